The number of piperazine rings is 1. The summed E-state index contributed by atoms with van der Waals surface area (Å²) in [5, 5.41) is 11.2. The Hall–Kier alpha value is -4.11. The van der Waals surface area contributed by atoms with E-state index in [2.05, 4.69) is 39.6 Å². The lowest BCUT2D eigenvalue weighted by molar-refractivity contribution is 0.0611. The van der Waals surface area contributed by atoms with E-state index in [1.165, 1.54) is 5.56 Å². The average Bonchev–Trinajstić information content (AvgIpc) is 3.58. The lowest BCUT2D eigenvalue weighted by Gasteiger charge is -2.44. The van der Waals surface area contributed by atoms with E-state index in [1.54, 1.807) is 6.07 Å². The fourth-order valence-corrected chi connectivity index (χ4v) is 5.67. The standard InChI is InChI=1S/C29H32N6O3/c1-29(2)25-22(26(32-31-25)30-27(36)24-16-20-11-7-8-12-23(20)38-24)18-35(29)28(37)34-14-13-33(3)17-21(34)15-19-9-5-4-6-10-19/h4-12,16,21H,13-15,17-18H2,1-3H3,(H2,30,31,32,36). The van der Waals surface area contributed by atoms with Gasteiger partial charge in [0, 0.05) is 30.6 Å². The highest BCUT2D eigenvalue weighted by molar-refractivity contribution is 6.04. The maximum absolute atomic E-state index is 14.0. The summed E-state index contributed by atoms with van der Waals surface area (Å²) < 4.78 is 5.72. The Morgan fingerprint density at radius 2 is 1.87 bits per heavy atom. The smallest absolute Gasteiger partial charge is 0.321 e. The van der Waals surface area contributed by atoms with Gasteiger partial charge in [0.2, 0.25) is 0 Å². The summed E-state index contributed by atoms with van der Waals surface area (Å²) in [6.45, 7) is 6.71. The molecule has 4 heterocycles. The topological polar surface area (TPSA) is 97.7 Å². The number of hydrogen-bond acceptors (Lipinski definition) is 5. The summed E-state index contributed by atoms with van der Waals surface area (Å²) in [7, 11) is 2.10. The number of H-pyrrole nitrogens is 1. The second-order valence-corrected chi connectivity index (χ2v) is 10.8. The van der Waals surface area contributed by atoms with Crippen LogP contribution in [-0.4, -0.2) is 69.6 Å². The van der Waals surface area contributed by atoms with Gasteiger partial charge in [-0.2, -0.15) is 5.10 Å². The third kappa shape index (κ3) is 4.22. The van der Waals surface area contributed by atoms with E-state index >= 15 is 0 Å². The number of carbonyl (C=O) groups excluding carboxylic acids is 2. The molecule has 9 heteroatoms. The molecule has 2 aliphatic heterocycles. The van der Waals surface area contributed by atoms with Gasteiger partial charge in [0.05, 0.1) is 23.8 Å². The van der Waals surface area contributed by atoms with E-state index in [1.807, 2.05) is 66.1 Å². The fraction of sp³-hybridized carbons (Fsp3) is 0.345. The molecule has 2 aromatic carbocycles. The molecule has 0 spiro atoms. The summed E-state index contributed by atoms with van der Waals surface area (Å²) in [4.78, 5) is 33.2. The lowest BCUT2D eigenvalue weighted by atomic mass is 10.00. The third-order valence-electron chi connectivity index (χ3n) is 7.83. The summed E-state index contributed by atoms with van der Waals surface area (Å²) in [6.07, 6.45) is 0.802. The second-order valence-electron chi connectivity index (χ2n) is 10.8. The van der Waals surface area contributed by atoms with Crippen LogP contribution in [0, 0.1) is 0 Å². The van der Waals surface area contributed by atoms with Gasteiger partial charge in [0.15, 0.2) is 11.6 Å². The van der Waals surface area contributed by atoms with Crippen LogP contribution in [0.2, 0.25) is 0 Å². The van der Waals surface area contributed by atoms with Gasteiger partial charge >= 0.3 is 6.03 Å². The Balaban J connectivity index is 1.22. The van der Waals surface area contributed by atoms with Gasteiger partial charge in [0.1, 0.15) is 5.58 Å². The average molecular weight is 513 g/mol. The van der Waals surface area contributed by atoms with Gasteiger partial charge < -0.3 is 24.4 Å². The number of likely N-dealkylation sites (N-methyl/N-ethyl adjacent to an activating group) is 1. The first kappa shape index (κ1) is 24.2. The number of hydrogen-bond donors (Lipinski definition) is 2. The number of rotatable bonds is 4. The van der Waals surface area contributed by atoms with Gasteiger partial charge in [-0.1, -0.05) is 48.5 Å². The number of aromatic nitrogens is 2. The lowest BCUT2D eigenvalue weighted by Crippen LogP contribution is -2.59. The highest BCUT2D eigenvalue weighted by Crippen LogP contribution is 2.41. The highest BCUT2D eigenvalue weighted by Gasteiger charge is 2.46. The number of benzene rings is 2. The van der Waals surface area contributed by atoms with Crippen molar-refractivity contribution in [2.75, 3.05) is 32.0 Å². The quantitative estimate of drug-likeness (QED) is 0.421. The van der Waals surface area contributed by atoms with E-state index in [4.69, 9.17) is 4.42 Å². The van der Waals surface area contributed by atoms with Crippen LogP contribution in [0.1, 0.15) is 41.2 Å². The molecular formula is C29H32N6O3. The molecule has 6 rings (SSSR count). The SMILES string of the molecule is CN1CCN(C(=O)N2Cc3c(NC(=O)c4cc5ccccc5o4)n[nH]c3C2(C)C)C(Cc2ccccc2)C1. The minimum Gasteiger partial charge on any atom is -0.451 e. The molecule has 0 aliphatic carbocycles. The molecule has 0 radical (unpaired) electrons. The molecule has 2 N–H and O–H groups in total. The molecule has 9 nitrogen and oxygen atoms in total. The second kappa shape index (κ2) is 9.33. The molecule has 2 aliphatic rings. The molecule has 4 aromatic rings. The molecular weight excluding hydrogens is 480 g/mol. The number of furan rings is 1. The van der Waals surface area contributed by atoms with E-state index < -0.39 is 5.54 Å². The van der Waals surface area contributed by atoms with Crippen molar-refractivity contribution in [2.45, 2.75) is 38.4 Å². The van der Waals surface area contributed by atoms with Crippen LogP contribution in [0.15, 0.2) is 65.1 Å². The molecule has 0 bridgehead atoms. The predicted molar refractivity (Wildman–Crippen MR) is 145 cm³/mol. The van der Waals surface area contributed by atoms with Crippen molar-refractivity contribution in [1.29, 1.82) is 0 Å². The zero-order valence-electron chi connectivity index (χ0n) is 21.9. The molecule has 38 heavy (non-hydrogen) atoms. The van der Waals surface area contributed by atoms with Gasteiger partial charge in [-0.05, 0) is 45.0 Å². The predicted octanol–water partition coefficient (Wildman–Crippen LogP) is 4.44. The van der Waals surface area contributed by atoms with Gasteiger partial charge in [-0.25, -0.2) is 4.79 Å². The number of nitrogens with zero attached hydrogens (tertiary/aromatic N) is 4. The van der Waals surface area contributed by atoms with Crippen LogP contribution < -0.4 is 5.32 Å². The number of amides is 3. The minimum atomic E-state index is -0.609. The van der Waals surface area contributed by atoms with E-state index in [9.17, 15) is 9.59 Å². The summed E-state index contributed by atoms with van der Waals surface area (Å²) >= 11 is 0. The molecule has 196 valence electrons. The normalized spacial score (nSPS) is 19.1. The van der Waals surface area contributed by atoms with Crippen LogP contribution in [-0.2, 0) is 18.5 Å². The summed E-state index contributed by atoms with van der Waals surface area (Å²) in [6, 6.07) is 19.6. The first-order valence-electron chi connectivity index (χ1n) is 13.0. The van der Waals surface area contributed by atoms with Gasteiger partial charge in [0.25, 0.3) is 5.91 Å². The number of anilines is 1. The molecule has 1 saturated heterocycles. The Kier molecular flexibility index (Phi) is 5.95. The number of aromatic amines is 1. The molecule has 0 saturated carbocycles. The molecule has 1 fully saturated rings. The number of urea groups is 1. The Morgan fingerprint density at radius 3 is 2.66 bits per heavy atom. The van der Waals surface area contributed by atoms with Crippen LogP contribution in [0.3, 0.4) is 0 Å². The Labute approximate surface area is 221 Å². The van der Waals surface area contributed by atoms with Crippen molar-refractivity contribution in [2.24, 2.45) is 0 Å². The zero-order valence-corrected chi connectivity index (χ0v) is 21.9. The maximum Gasteiger partial charge on any atom is 0.321 e. The zero-order chi connectivity index (χ0) is 26.4. The fourth-order valence-electron chi connectivity index (χ4n) is 5.67. The van der Waals surface area contributed by atoms with Crippen molar-refractivity contribution in [3.05, 3.63) is 83.2 Å². The molecule has 1 unspecified atom stereocenters. The van der Waals surface area contributed by atoms with Crippen molar-refractivity contribution in [3.8, 4) is 0 Å². The third-order valence-corrected chi connectivity index (χ3v) is 7.83. The molecule has 2 aromatic heterocycles. The minimum absolute atomic E-state index is 0.00296. The summed E-state index contributed by atoms with van der Waals surface area (Å²) in [5.41, 5.74) is 2.92. The van der Waals surface area contributed by atoms with Crippen molar-refractivity contribution >= 4 is 28.7 Å². The number of para-hydroxylation sites is 1. The van der Waals surface area contributed by atoms with Crippen LogP contribution in [0.25, 0.3) is 11.0 Å². The van der Waals surface area contributed by atoms with Crippen LogP contribution in [0.4, 0.5) is 10.6 Å². The van der Waals surface area contributed by atoms with Crippen LogP contribution in [0.5, 0.6) is 0 Å². The largest absolute Gasteiger partial charge is 0.451 e. The van der Waals surface area contributed by atoms with Crippen molar-refractivity contribution in [1.82, 2.24) is 24.9 Å². The summed E-state index contributed by atoms with van der Waals surface area (Å²) in [5.74, 6) is 0.266. The maximum atomic E-state index is 14.0. The van der Waals surface area contributed by atoms with Crippen molar-refractivity contribution < 1.29 is 14.0 Å². The van der Waals surface area contributed by atoms with Gasteiger partial charge in [-0.15, -0.1) is 0 Å². The number of fused-ring (bicyclic) bond motifs is 2. The molecule has 1 atom stereocenters. The molecule has 3 amide bonds. The van der Waals surface area contributed by atoms with Crippen molar-refractivity contribution in [3.63, 3.8) is 0 Å². The monoisotopic (exact) mass is 512 g/mol. The number of carbonyl (C=O) groups is 2. The first-order chi connectivity index (χ1) is 18.3. The highest BCUT2D eigenvalue weighted by atomic mass is 16.3. The van der Waals surface area contributed by atoms with E-state index in [-0.39, 0.29) is 23.7 Å². The Morgan fingerprint density at radius 1 is 1.11 bits per heavy atom. The van der Waals surface area contributed by atoms with Gasteiger partial charge in [-0.3, -0.25) is 9.89 Å². The first-order valence-corrected chi connectivity index (χ1v) is 13.0. The number of nitrogens with one attached hydrogen (secondary N) is 2. The Bertz CT molecular complexity index is 1460. The van der Waals surface area contributed by atoms with E-state index in [0.29, 0.717) is 24.5 Å². The van der Waals surface area contributed by atoms with E-state index in [0.717, 1.165) is 36.2 Å². The van der Waals surface area contributed by atoms with Crippen LogP contribution >= 0.6 is 0 Å².